The molecule has 2 aromatic rings. The summed E-state index contributed by atoms with van der Waals surface area (Å²) in [5, 5.41) is 3.22. The van der Waals surface area contributed by atoms with E-state index in [1.54, 1.807) is 18.2 Å². The molecule has 0 saturated heterocycles. The minimum absolute atomic E-state index is 0.0914. The highest BCUT2D eigenvalue weighted by Gasteiger charge is 2.22. The third kappa shape index (κ3) is 4.57. The van der Waals surface area contributed by atoms with Crippen LogP contribution in [0.15, 0.2) is 30.3 Å². The lowest BCUT2D eigenvalue weighted by Gasteiger charge is -2.14. The Morgan fingerprint density at radius 1 is 1.21 bits per heavy atom. The summed E-state index contributed by atoms with van der Waals surface area (Å²) in [5.74, 6) is 1.06. The third-order valence-electron chi connectivity index (χ3n) is 4.25. The number of anilines is 1. The number of fused-ring (bicyclic) bond motifs is 1. The van der Waals surface area contributed by atoms with Gasteiger partial charge in [-0.1, -0.05) is 11.6 Å². The van der Waals surface area contributed by atoms with Crippen LogP contribution in [-0.2, 0) is 11.2 Å². The fourth-order valence-corrected chi connectivity index (χ4v) is 3.22. The molecule has 0 bridgehead atoms. The van der Waals surface area contributed by atoms with Gasteiger partial charge in [0.15, 0.2) is 12.4 Å². The average molecular weight is 404 g/mol. The summed E-state index contributed by atoms with van der Waals surface area (Å²) >= 11 is 5.92. The van der Waals surface area contributed by atoms with Crippen molar-refractivity contribution in [1.82, 2.24) is 0 Å². The highest BCUT2D eigenvalue weighted by atomic mass is 35.5. The van der Waals surface area contributed by atoms with Gasteiger partial charge in [0, 0.05) is 23.1 Å². The van der Waals surface area contributed by atoms with E-state index in [9.17, 15) is 9.59 Å². The summed E-state index contributed by atoms with van der Waals surface area (Å²) in [4.78, 5) is 24.1. The van der Waals surface area contributed by atoms with Crippen LogP contribution in [0.25, 0.3) is 0 Å². The zero-order valence-electron chi connectivity index (χ0n) is 16.0. The van der Waals surface area contributed by atoms with Gasteiger partial charge < -0.3 is 19.5 Å². The smallest absolute Gasteiger partial charge is 0.262 e. The second kappa shape index (κ2) is 8.52. The first-order chi connectivity index (χ1) is 13.4. The lowest BCUT2D eigenvalue weighted by atomic mass is 10.1. The molecule has 0 spiro atoms. The lowest BCUT2D eigenvalue weighted by molar-refractivity contribution is -0.118. The molecule has 6 nitrogen and oxygen atoms in total. The van der Waals surface area contributed by atoms with Crippen LogP contribution in [0.5, 0.6) is 17.2 Å². The van der Waals surface area contributed by atoms with Crippen LogP contribution in [0, 0.1) is 0 Å². The van der Waals surface area contributed by atoms with E-state index in [4.69, 9.17) is 25.8 Å². The van der Waals surface area contributed by atoms with Crippen LogP contribution in [0.3, 0.4) is 0 Å². The van der Waals surface area contributed by atoms with E-state index in [1.165, 1.54) is 13.0 Å². The minimum Gasteiger partial charge on any atom is -0.492 e. The van der Waals surface area contributed by atoms with Gasteiger partial charge in [0.1, 0.15) is 23.4 Å². The molecule has 1 aliphatic heterocycles. The predicted molar refractivity (Wildman–Crippen MR) is 107 cm³/mol. The number of hydrogen-bond acceptors (Lipinski definition) is 5. The standard InChI is InChI=1S/C21H22ClNO5/c1-4-26-20-8-14-7-12(2)28-19(14)10-17(20)23-21(25)11-27-18-6-5-15(22)9-16(18)13(3)24/h5-6,8-10,12H,4,7,11H2,1-3H3,(H,23,25)/t12-/m1/s1. The van der Waals surface area contributed by atoms with Crippen LogP contribution in [0.1, 0.15) is 36.7 Å². The maximum Gasteiger partial charge on any atom is 0.262 e. The van der Waals surface area contributed by atoms with E-state index in [1.807, 2.05) is 19.9 Å². The summed E-state index contributed by atoms with van der Waals surface area (Å²) in [7, 11) is 0. The average Bonchev–Trinajstić information content (AvgIpc) is 2.99. The zero-order chi connectivity index (χ0) is 20.3. The van der Waals surface area contributed by atoms with E-state index in [0.29, 0.717) is 34.4 Å². The number of hydrogen-bond donors (Lipinski definition) is 1. The number of nitrogens with one attached hydrogen (secondary N) is 1. The van der Waals surface area contributed by atoms with E-state index in [-0.39, 0.29) is 24.4 Å². The van der Waals surface area contributed by atoms with Crippen LogP contribution in [0.2, 0.25) is 5.02 Å². The minimum atomic E-state index is -0.378. The Kier molecular flexibility index (Phi) is 6.09. The molecule has 1 heterocycles. The van der Waals surface area contributed by atoms with Crippen molar-refractivity contribution >= 4 is 29.0 Å². The Bertz CT molecular complexity index is 912. The Hall–Kier alpha value is -2.73. The molecule has 1 aliphatic rings. The normalized spacial score (nSPS) is 14.8. The second-order valence-corrected chi connectivity index (χ2v) is 6.99. The van der Waals surface area contributed by atoms with E-state index in [0.717, 1.165) is 17.7 Å². The van der Waals surface area contributed by atoms with Gasteiger partial charge in [0.2, 0.25) is 0 Å². The topological polar surface area (TPSA) is 73.9 Å². The molecule has 1 amide bonds. The molecule has 3 rings (SSSR count). The number of rotatable bonds is 7. The lowest BCUT2D eigenvalue weighted by Crippen LogP contribution is -2.21. The first kappa shape index (κ1) is 20.0. The summed E-state index contributed by atoms with van der Waals surface area (Å²) in [6, 6.07) is 8.36. The van der Waals surface area contributed by atoms with Gasteiger partial charge in [-0.3, -0.25) is 9.59 Å². The van der Waals surface area contributed by atoms with Crippen LogP contribution in [0.4, 0.5) is 5.69 Å². The van der Waals surface area contributed by atoms with Crippen molar-refractivity contribution in [2.75, 3.05) is 18.5 Å². The highest BCUT2D eigenvalue weighted by molar-refractivity contribution is 6.31. The third-order valence-corrected chi connectivity index (χ3v) is 4.49. The first-order valence-electron chi connectivity index (χ1n) is 9.07. The molecular formula is C21H22ClNO5. The molecule has 0 radical (unpaired) electrons. The van der Waals surface area contributed by atoms with E-state index >= 15 is 0 Å². The Morgan fingerprint density at radius 2 is 2.00 bits per heavy atom. The molecule has 0 unspecified atom stereocenters. The molecular weight excluding hydrogens is 382 g/mol. The van der Waals surface area contributed by atoms with Gasteiger partial charge in [-0.2, -0.15) is 0 Å². The molecule has 28 heavy (non-hydrogen) atoms. The summed E-state index contributed by atoms with van der Waals surface area (Å²) < 4.78 is 16.9. The van der Waals surface area contributed by atoms with Crippen LogP contribution in [-0.4, -0.2) is 31.0 Å². The van der Waals surface area contributed by atoms with Gasteiger partial charge in [-0.05, 0) is 45.0 Å². The largest absolute Gasteiger partial charge is 0.492 e. The van der Waals surface area contributed by atoms with Crippen molar-refractivity contribution in [3.63, 3.8) is 0 Å². The quantitative estimate of drug-likeness (QED) is 0.698. The Morgan fingerprint density at radius 3 is 2.71 bits per heavy atom. The summed E-state index contributed by atoms with van der Waals surface area (Å²) in [5.41, 5.74) is 1.90. The summed E-state index contributed by atoms with van der Waals surface area (Å²) in [6.45, 7) is 5.50. The maximum atomic E-state index is 12.4. The molecule has 1 atom stereocenters. The molecule has 1 N–H and O–H groups in total. The number of ketones is 1. The van der Waals surface area contributed by atoms with Gasteiger partial charge in [-0.25, -0.2) is 0 Å². The molecule has 0 aromatic heterocycles. The first-order valence-corrected chi connectivity index (χ1v) is 9.44. The SMILES string of the molecule is CCOc1cc2c(cc1NC(=O)COc1ccc(Cl)cc1C(C)=O)O[C@H](C)C2. The number of carbonyl (C=O) groups excluding carboxylic acids is 2. The van der Waals surface area contributed by atoms with Crippen molar-refractivity contribution in [3.8, 4) is 17.2 Å². The highest BCUT2D eigenvalue weighted by Crippen LogP contribution is 2.38. The fraction of sp³-hybridized carbons (Fsp3) is 0.333. The van der Waals surface area contributed by atoms with Gasteiger partial charge in [0.05, 0.1) is 17.9 Å². The van der Waals surface area contributed by atoms with Gasteiger partial charge >= 0.3 is 0 Å². The number of halogens is 1. The fourth-order valence-electron chi connectivity index (χ4n) is 3.04. The molecule has 148 valence electrons. The molecule has 2 aromatic carbocycles. The Balaban J connectivity index is 1.72. The van der Waals surface area contributed by atoms with Gasteiger partial charge in [0.25, 0.3) is 5.91 Å². The van der Waals surface area contributed by atoms with Crippen molar-refractivity contribution in [2.24, 2.45) is 0 Å². The van der Waals surface area contributed by atoms with Crippen LogP contribution < -0.4 is 19.5 Å². The van der Waals surface area contributed by atoms with Crippen molar-refractivity contribution < 1.29 is 23.8 Å². The van der Waals surface area contributed by atoms with Crippen molar-refractivity contribution in [3.05, 3.63) is 46.5 Å². The Labute approximate surface area is 168 Å². The van der Waals surface area contributed by atoms with Gasteiger partial charge in [-0.15, -0.1) is 0 Å². The molecule has 0 saturated carbocycles. The number of benzene rings is 2. The van der Waals surface area contributed by atoms with E-state index < -0.39 is 0 Å². The zero-order valence-corrected chi connectivity index (χ0v) is 16.8. The molecule has 0 aliphatic carbocycles. The predicted octanol–water partition coefficient (Wildman–Crippen LogP) is 4.28. The maximum absolute atomic E-state index is 12.4. The monoisotopic (exact) mass is 403 g/mol. The number of Topliss-reactive ketones (excluding diaryl/α,β-unsaturated/α-hetero) is 1. The number of amides is 1. The molecule has 7 heteroatoms. The van der Waals surface area contributed by atoms with E-state index in [2.05, 4.69) is 5.32 Å². The van der Waals surface area contributed by atoms with Crippen molar-refractivity contribution in [2.45, 2.75) is 33.3 Å². The number of ether oxygens (including phenoxy) is 3. The molecule has 0 fully saturated rings. The van der Waals surface area contributed by atoms with Crippen molar-refractivity contribution in [1.29, 1.82) is 0 Å². The number of carbonyl (C=O) groups is 2. The summed E-state index contributed by atoms with van der Waals surface area (Å²) in [6.07, 6.45) is 0.894. The van der Waals surface area contributed by atoms with Crippen LogP contribution >= 0.6 is 11.6 Å². The second-order valence-electron chi connectivity index (χ2n) is 6.56.